The Hall–Kier alpha value is -1.26. The van der Waals surface area contributed by atoms with E-state index < -0.39 is 12.7 Å². The maximum absolute atomic E-state index is 13.9. The van der Waals surface area contributed by atoms with Crippen molar-refractivity contribution >= 4 is 32.4 Å². The van der Waals surface area contributed by atoms with Crippen LogP contribution in [0.1, 0.15) is 12.8 Å². The fourth-order valence-electron chi connectivity index (χ4n) is 2.72. The minimum absolute atomic E-state index is 0.0395. The first-order valence-electron chi connectivity index (χ1n) is 7.65. The van der Waals surface area contributed by atoms with Crippen molar-refractivity contribution in [2.24, 2.45) is 0 Å². The molecule has 2 heterocycles. The number of aromatic nitrogens is 2. The van der Waals surface area contributed by atoms with E-state index in [1.165, 1.54) is 22.3 Å². The Morgan fingerprint density at radius 2 is 1.96 bits per heavy atom. The number of likely N-dealkylation sites (tertiary alicyclic amines) is 1. The summed E-state index contributed by atoms with van der Waals surface area (Å²) in [5.41, 5.74) is 0.361. The molecular weight excluding hydrogens is 424 g/mol. The highest BCUT2D eigenvalue weighted by Crippen LogP contribution is 2.31. The van der Waals surface area contributed by atoms with Crippen LogP contribution in [0, 0.1) is 5.82 Å². The smallest absolute Gasteiger partial charge is 0.357 e. The Morgan fingerprint density at radius 3 is 2.64 bits per heavy atom. The molecule has 10 heteroatoms. The third kappa shape index (κ3) is 5.11. The molecule has 1 saturated heterocycles. The van der Waals surface area contributed by atoms with E-state index in [1.54, 1.807) is 12.1 Å². The maximum Gasteiger partial charge on any atom is 0.401 e. The highest BCUT2D eigenvalue weighted by atomic mass is 79.9. The van der Waals surface area contributed by atoms with Gasteiger partial charge in [-0.05, 0) is 31.0 Å². The first-order chi connectivity index (χ1) is 11.8. The molecule has 1 aliphatic heterocycles. The second-order valence-corrected chi connectivity index (χ2v) is 7.74. The Labute approximate surface area is 154 Å². The second-order valence-electron chi connectivity index (χ2n) is 5.85. The minimum Gasteiger partial charge on any atom is -0.357 e. The largest absolute Gasteiger partial charge is 0.401 e. The zero-order chi connectivity index (χ0) is 18.0. The number of rotatable bonds is 4. The molecule has 0 atom stereocenters. The molecule has 3 rings (SSSR count). The van der Waals surface area contributed by atoms with E-state index in [-0.39, 0.29) is 11.9 Å². The SMILES string of the molecule is Fc1ccc(Br)cc1-c1nnc(NC2CCN(CC(F)(F)F)CC2)s1. The third-order valence-electron chi connectivity index (χ3n) is 3.90. The Kier molecular flexibility index (Phi) is 5.59. The molecule has 25 heavy (non-hydrogen) atoms. The van der Waals surface area contributed by atoms with Crippen molar-refractivity contribution in [1.82, 2.24) is 15.1 Å². The predicted octanol–water partition coefficient (Wildman–Crippen LogP) is 4.55. The van der Waals surface area contributed by atoms with E-state index in [0.717, 1.165) is 4.47 Å². The van der Waals surface area contributed by atoms with Crippen molar-refractivity contribution in [2.75, 3.05) is 25.0 Å². The molecule has 0 unspecified atom stereocenters. The van der Waals surface area contributed by atoms with Crippen LogP contribution in [0.15, 0.2) is 22.7 Å². The topological polar surface area (TPSA) is 41.1 Å². The van der Waals surface area contributed by atoms with Gasteiger partial charge in [-0.25, -0.2) is 4.39 Å². The molecule has 136 valence electrons. The number of piperidine rings is 1. The van der Waals surface area contributed by atoms with E-state index in [1.807, 2.05) is 0 Å². The molecule has 1 fully saturated rings. The van der Waals surface area contributed by atoms with Gasteiger partial charge in [0, 0.05) is 29.2 Å². The molecule has 0 spiro atoms. The molecule has 1 aliphatic rings. The van der Waals surface area contributed by atoms with E-state index in [4.69, 9.17) is 0 Å². The van der Waals surface area contributed by atoms with Gasteiger partial charge < -0.3 is 5.32 Å². The zero-order valence-electron chi connectivity index (χ0n) is 13.0. The summed E-state index contributed by atoms with van der Waals surface area (Å²) >= 11 is 4.52. The number of nitrogens with one attached hydrogen (secondary N) is 1. The number of alkyl halides is 3. The number of anilines is 1. The summed E-state index contributed by atoms with van der Waals surface area (Å²) < 4.78 is 51.8. The molecule has 0 bridgehead atoms. The Bertz CT molecular complexity index is 729. The lowest BCUT2D eigenvalue weighted by Gasteiger charge is -2.32. The van der Waals surface area contributed by atoms with Crippen LogP contribution in [-0.4, -0.2) is 46.9 Å². The summed E-state index contributed by atoms with van der Waals surface area (Å²) in [7, 11) is 0. The van der Waals surface area contributed by atoms with Crippen LogP contribution in [0.5, 0.6) is 0 Å². The van der Waals surface area contributed by atoms with Crippen molar-refractivity contribution in [3.63, 3.8) is 0 Å². The van der Waals surface area contributed by atoms with Crippen LogP contribution < -0.4 is 5.32 Å². The maximum atomic E-state index is 13.9. The van der Waals surface area contributed by atoms with Gasteiger partial charge in [-0.15, -0.1) is 10.2 Å². The number of halogens is 5. The molecule has 0 radical (unpaired) electrons. The van der Waals surface area contributed by atoms with Crippen molar-refractivity contribution in [1.29, 1.82) is 0 Å². The van der Waals surface area contributed by atoms with Crippen molar-refractivity contribution in [3.8, 4) is 10.6 Å². The van der Waals surface area contributed by atoms with Gasteiger partial charge in [0.2, 0.25) is 5.13 Å². The van der Waals surface area contributed by atoms with Crippen LogP contribution in [0.2, 0.25) is 0 Å². The summed E-state index contributed by atoms with van der Waals surface area (Å²) in [4.78, 5) is 1.40. The highest BCUT2D eigenvalue weighted by Gasteiger charge is 2.32. The predicted molar refractivity (Wildman–Crippen MR) is 92.1 cm³/mol. The molecule has 2 aromatic rings. The standard InChI is InChI=1S/C15H15BrF4N4S/c16-9-1-2-12(17)11(7-9)13-22-23-14(25-13)21-10-3-5-24(6-4-10)8-15(18,19)20/h1-2,7,10H,3-6,8H2,(H,21,23). The molecule has 1 aromatic heterocycles. The molecule has 0 amide bonds. The summed E-state index contributed by atoms with van der Waals surface area (Å²) in [5.74, 6) is -0.383. The van der Waals surface area contributed by atoms with Gasteiger partial charge in [0.1, 0.15) is 5.82 Å². The fraction of sp³-hybridized carbons (Fsp3) is 0.467. The fourth-order valence-corrected chi connectivity index (χ4v) is 3.91. The molecule has 0 saturated carbocycles. The number of hydrogen-bond donors (Lipinski definition) is 1. The lowest BCUT2D eigenvalue weighted by atomic mass is 10.1. The average Bonchev–Trinajstić information content (AvgIpc) is 2.98. The number of nitrogens with zero attached hydrogens (tertiary/aromatic N) is 3. The summed E-state index contributed by atoms with van der Waals surface area (Å²) in [6.07, 6.45) is -2.98. The van der Waals surface area contributed by atoms with Crippen LogP contribution in [0.25, 0.3) is 10.6 Å². The number of benzene rings is 1. The zero-order valence-corrected chi connectivity index (χ0v) is 15.4. The van der Waals surface area contributed by atoms with Crippen molar-refractivity contribution < 1.29 is 17.6 Å². The molecule has 4 nitrogen and oxygen atoms in total. The van der Waals surface area contributed by atoms with E-state index in [2.05, 4.69) is 31.4 Å². The molecule has 1 N–H and O–H groups in total. The summed E-state index contributed by atoms with van der Waals surface area (Å²) in [6, 6.07) is 4.63. The lowest BCUT2D eigenvalue weighted by molar-refractivity contribution is -0.147. The number of hydrogen-bond acceptors (Lipinski definition) is 5. The minimum atomic E-state index is -4.16. The van der Waals surface area contributed by atoms with Crippen LogP contribution in [0.3, 0.4) is 0 Å². The van der Waals surface area contributed by atoms with Crippen LogP contribution in [-0.2, 0) is 0 Å². The normalized spacial score (nSPS) is 17.0. The van der Waals surface area contributed by atoms with Crippen molar-refractivity contribution in [3.05, 3.63) is 28.5 Å². The molecule has 0 aliphatic carbocycles. The van der Waals surface area contributed by atoms with Gasteiger partial charge in [-0.3, -0.25) is 4.90 Å². The van der Waals surface area contributed by atoms with Crippen molar-refractivity contribution in [2.45, 2.75) is 25.1 Å². The van der Waals surface area contributed by atoms with Gasteiger partial charge >= 0.3 is 6.18 Å². The van der Waals surface area contributed by atoms with Gasteiger partial charge in [0.15, 0.2) is 5.01 Å². The average molecular weight is 439 g/mol. The summed E-state index contributed by atoms with van der Waals surface area (Å²) in [6.45, 7) is -0.114. The summed E-state index contributed by atoms with van der Waals surface area (Å²) in [5, 5.41) is 12.2. The monoisotopic (exact) mass is 438 g/mol. The lowest BCUT2D eigenvalue weighted by Crippen LogP contribution is -2.43. The van der Waals surface area contributed by atoms with Gasteiger partial charge in [-0.1, -0.05) is 27.3 Å². The second kappa shape index (κ2) is 7.55. The Morgan fingerprint density at radius 1 is 1.24 bits per heavy atom. The highest BCUT2D eigenvalue weighted by molar-refractivity contribution is 9.10. The van der Waals surface area contributed by atoms with Gasteiger partial charge in [0.05, 0.1) is 6.54 Å². The first-order valence-corrected chi connectivity index (χ1v) is 9.26. The quantitative estimate of drug-likeness (QED) is 0.711. The van der Waals surface area contributed by atoms with Gasteiger partial charge in [-0.2, -0.15) is 13.2 Å². The molecule has 1 aromatic carbocycles. The van der Waals surface area contributed by atoms with Crippen LogP contribution in [0.4, 0.5) is 22.7 Å². The van der Waals surface area contributed by atoms with E-state index in [9.17, 15) is 17.6 Å². The Balaban J connectivity index is 1.59. The molecular formula is C15H15BrF4N4S. The third-order valence-corrected chi connectivity index (χ3v) is 5.28. The van der Waals surface area contributed by atoms with Crippen LogP contribution >= 0.6 is 27.3 Å². The van der Waals surface area contributed by atoms with Gasteiger partial charge in [0.25, 0.3) is 0 Å². The van der Waals surface area contributed by atoms with E-state index >= 15 is 0 Å². The van der Waals surface area contributed by atoms with E-state index in [0.29, 0.717) is 41.6 Å². The first kappa shape index (κ1) is 18.5.